The molecule has 0 unspecified atom stereocenters. The quantitative estimate of drug-likeness (QED) is 0.102. The molecule has 0 spiro atoms. The number of hydrogen-bond donors (Lipinski definition) is 4. The van der Waals surface area contributed by atoms with Crippen LogP contribution in [0.2, 0.25) is 0 Å². The van der Waals surface area contributed by atoms with E-state index in [1.165, 1.54) is 36.4 Å². The molecule has 0 aliphatic carbocycles. The molecule has 5 rings (SSSR count). The van der Waals surface area contributed by atoms with Gasteiger partial charge in [-0.3, -0.25) is 10.7 Å². The summed E-state index contributed by atoms with van der Waals surface area (Å²) in [6.07, 6.45) is 0. The van der Waals surface area contributed by atoms with E-state index in [0.29, 0.717) is 10.8 Å². The van der Waals surface area contributed by atoms with Gasteiger partial charge in [0.25, 0.3) is 0 Å². The van der Waals surface area contributed by atoms with Gasteiger partial charge >= 0.3 is 0 Å². The highest BCUT2D eigenvalue weighted by Crippen LogP contribution is 2.42. The minimum Gasteiger partial charge on any atom is -0.291 e. The number of anilines is 1. The minimum atomic E-state index is -4.00. The fourth-order valence-electron chi connectivity index (χ4n) is 4.43. The third-order valence-electron chi connectivity index (χ3n) is 6.47. The molecule has 204 valence electrons. The molecule has 5 aromatic rings. The zero-order valence-electron chi connectivity index (χ0n) is 20.9. The number of nitrogens with one attached hydrogen (secondary N) is 3. The Hall–Kier alpha value is -4.20. The van der Waals surface area contributed by atoms with Crippen molar-refractivity contribution in [1.29, 1.82) is 0 Å². The summed E-state index contributed by atoms with van der Waals surface area (Å²) in [4.78, 5) is 11.9. The van der Waals surface area contributed by atoms with Crippen LogP contribution in [0.4, 0.5) is 11.4 Å². The third kappa shape index (κ3) is 5.43. The van der Waals surface area contributed by atoms with Gasteiger partial charge in [-0.2, -0.15) is 0 Å². The zero-order chi connectivity index (χ0) is 28.3. The molecule has 0 saturated carbocycles. The van der Waals surface area contributed by atoms with E-state index in [4.69, 9.17) is 0 Å². The van der Waals surface area contributed by atoms with Crippen LogP contribution in [0, 0.1) is 4.91 Å². The van der Waals surface area contributed by atoms with Gasteiger partial charge in [0.1, 0.15) is 5.69 Å². The Bertz CT molecular complexity index is 1800. The predicted octanol–water partition coefficient (Wildman–Crippen LogP) is 5.15. The van der Waals surface area contributed by atoms with Crippen LogP contribution in [-0.4, -0.2) is 22.0 Å². The topological polar surface area (TPSA) is 154 Å². The molecule has 0 heterocycles. The largest absolute Gasteiger partial charge is 0.291 e. The molecule has 0 aliphatic heterocycles. The molecule has 0 aliphatic rings. The van der Waals surface area contributed by atoms with Crippen molar-refractivity contribution in [2.45, 2.75) is 22.9 Å². The second kappa shape index (κ2) is 11.1. The first-order valence-corrected chi connectivity index (χ1v) is 15.0. The molecule has 12 heteroatoms. The molecule has 10 nitrogen and oxygen atoms in total. The lowest BCUT2D eigenvalue weighted by atomic mass is 9.99. The van der Waals surface area contributed by atoms with Crippen molar-refractivity contribution in [2.24, 2.45) is 5.18 Å². The average molecular weight is 577 g/mol. The molecule has 5 aromatic carbocycles. The molecule has 0 amide bonds. The maximum absolute atomic E-state index is 13.1. The lowest BCUT2D eigenvalue weighted by molar-refractivity contribution is 0.390. The Morgan fingerprint density at radius 1 is 0.600 bits per heavy atom. The highest BCUT2D eigenvalue weighted by molar-refractivity contribution is 7.89. The van der Waals surface area contributed by atoms with Crippen LogP contribution in [0.15, 0.2) is 112 Å². The first-order chi connectivity index (χ1) is 19.2. The average Bonchev–Trinajstić information content (AvgIpc) is 2.98. The number of benzene rings is 5. The molecule has 0 bridgehead atoms. The number of rotatable bonds is 10. The molecular formula is C28H24N4O6S2. The Morgan fingerprint density at radius 2 is 1.02 bits per heavy atom. The Labute approximate surface area is 230 Å². The number of fused-ring (bicyclic) bond motifs is 2. The normalized spacial score (nSPS) is 12.0. The molecular weight excluding hydrogens is 552 g/mol. The second-order valence-corrected chi connectivity index (χ2v) is 12.5. The fourth-order valence-corrected chi connectivity index (χ4v) is 6.52. The molecule has 0 aromatic heterocycles. The summed E-state index contributed by atoms with van der Waals surface area (Å²) >= 11 is 0. The van der Waals surface area contributed by atoms with Gasteiger partial charge in [-0.25, -0.2) is 26.3 Å². The smallest absolute Gasteiger partial charge is 0.240 e. The lowest BCUT2D eigenvalue weighted by Gasteiger charge is -2.15. The van der Waals surface area contributed by atoms with Crippen LogP contribution in [0.5, 0.6) is 0 Å². The van der Waals surface area contributed by atoms with E-state index in [9.17, 15) is 26.9 Å². The summed E-state index contributed by atoms with van der Waals surface area (Å²) in [7, 11) is -7.99. The van der Waals surface area contributed by atoms with E-state index in [1.54, 1.807) is 48.5 Å². The maximum atomic E-state index is 13.1. The van der Waals surface area contributed by atoms with Crippen molar-refractivity contribution in [2.75, 3.05) is 5.48 Å². The second-order valence-electron chi connectivity index (χ2n) is 8.96. The molecule has 0 atom stereocenters. The van der Waals surface area contributed by atoms with Crippen LogP contribution < -0.4 is 14.9 Å². The monoisotopic (exact) mass is 576 g/mol. The van der Waals surface area contributed by atoms with E-state index in [2.05, 4.69) is 20.1 Å². The molecule has 0 saturated heterocycles. The van der Waals surface area contributed by atoms with Gasteiger partial charge in [0, 0.05) is 34.6 Å². The Balaban J connectivity index is 1.58. The van der Waals surface area contributed by atoms with E-state index >= 15 is 0 Å². The summed E-state index contributed by atoms with van der Waals surface area (Å²) in [5.74, 6) is 0. The van der Waals surface area contributed by atoms with Crippen LogP contribution in [0.25, 0.3) is 21.5 Å². The number of nitroso groups, excluding NO2 is 1. The van der Waals surface area contributed by atoms with E-state index < -0.39 is 20.0 Å². The lowest BCUT2D eigenvalue weighted by Crippen LogP contribution is -2.23. The zero-order valence-corrected chi connectivity index (χ0v) is 22.5. The van der Waals surface area contributed by atoms with Gasteiger partial charge < -0.3 is 0 Å². The van der Waals surface area contributed by atoms with Crippen LogP contribution >= 0.6 is 0 Å². The van der Waals surface area contributed by atoms with Crippen molar-refractivity contribution in [1.82, 2.24) is 9.44 Å². The number of hydrogen-bond acceptors (Lipinski definition) is 8. The standard InChI is InChI=1S/C28H24N4O6S2/c33-31-27-23-13-11-21(39(35,36)29-17-19-7-3-1-4-8-19)15-25(23)28(32-34)26-16-22(12-14-24(26)27)40(37,38)30-18-20-9-5-2-6-10-20/h1-16,29-31,33H,17-18H2. The predicted molar refractivity (Wildman–Crippen MR) is 153 cm³/mol. The van der Waals surface area contributed by atoms with E-state index in [0.717, 1.165) is 11.1 Å². The van der Waals surface area contributed by atoms with Crippen molar-refractivity contribution < 1.29 is 22.0 Å². The SMILES string of the molecule is O=Nc1c2cc(S(=O)(=O)NCc3ccccc3)ccc2c(NO)c2ccc(S(=O)(=O)NCc3ccccc3)cc12. The first kappa shape index (κ1) is 27.4. The Kier molecular flexibility index (Phi) is 7.61. The minimum absolute atomic E-state index is 0.0539. The van der Waals surface area contributed by atoms with Crippen molar-refractivity contribution >= 4 is 53.0 Å². The molecule has 4 N–H and O–H groups in total. The summed E-state index contributed by atoms with van der Waals surface area (Å²) in [6.45, 7) is 0.108. The van der Waals surface area contributed by atoms with Gasteiger partial charge in [-0.1, -0.05) is 72.8 Å². The Morgan fingerprint density at radius 3 is 1.40 bits per heavy atom. The number of nitrogens with zero attached hydrogens (tertiary/aromatic N) is 1. The molecule has 0 radical (unpaired) electrons. The van der Waals surface area contributed by atoms with Gasteiger partial charge in [0.15, 0.2) is 0 Å². The summed E-state index contributed by atoms with van der Waals surface area (Å²) in [6, 6.07) is 26.1. The van der Waals surface area contributed by atoms with Gasteiger partial charge in [0.2, 0.25) is 20.0 Å². The molecule has 0 fully saturated rings. The van der Waals surface area contributed by atoms with Crippen LogP contribution in [-0.2, 0) is 33.1 Å². The van der Waals surface area contributed by atoms with Gasteiger partial charge in [-0.15, -0.1) is 4.91 Å². The van der Waals surface area contributed by atoms with Gasteiger partial charge in [0.05, 0.1) is 15.5 Å². The summed E-state index contributed by atoms with van der Waals surface area (Å²) in [5.41, 5.74) is 3.62. The summed E-state index contributed by atoms with van der Waals surface area (Å²) in [5, 5.41) is 14.0. The number of sulfonamides is 2. The van der Waals surface area contributed by atoms with E-state index in [-0.39, 0.29) is 45.0 Å². The maximum Gasteiger partial charge on any atom is 0.240 e. The van der Waals surface area contributed by atoms with Crippen molar-refractivity contribution in [3.63, 3.8) is 0 Å². The third-order valence-corrected chi connectivity index (χ3v) is 9.27. The van der Waals surface area contributed by atoms with Crippen LogP contribution in [0.3, 0.4) is 0 Å². The summed E-state index contributed by atoms with van der Waals surface area (Å²) < 4.78 is 57.3. The van der Waals surface area contributed by atoms with Crippen LogP contribution in [0.1, 0.15) is 11.1 Å². The fraction of sp³-hybridized carbons (Fsp3) is 0.0714. The highest BCUT2D eigenvalue weighted by atomic mass is 32.2. The van der Waals surface area contributed by atoms with Crippen molar-refractivity contribution in [3.05, 3.63) is 113 Å². The van der Waals surface area contributed by atoms with E-state index in [1.807, 2.05) is 12.1 Å². The first-order valence-electron chi connectivity index (χ1n) is 12.1. The van der Waals surface area contributed by atoms with Crippen molar-refractivity contribution in [3.8, 4) is 0 Å². The molecule has 40 heavy (non-hydrogen) atoms. The van der Waals surface area contributed by atoms with Gasteiger partial charge in [-0.05, 0) is 40.6 Å². The highest BCUT2D eigenvalue weighted by Gasteiger charge is 2.22.